The molecule has 2 rings (SSSR count). The molecule has 0 saturated carbocycles. The van der Waals surface area contributed by atoms with E-state index < -0.39 is 0 Å². The maximum Gasteiger partial charge on any atom is 0.238 e. The van der Waals surface area contributed by atoms with Crippen LogP contribution in [0.5, 0.6) is 11.6 Å². The van der Waals surface area contributed by atoms with Crippen LogP contribution in [-0.4, -0.2) is 14.8 Å². The van der Waals surface area contributed by atoms with Crippen molar-refractivity contribution in [1.82, 2.24) is 14.8 Å². The summed E-state index contributed by atoms with van der Waals surface area (Å²) in [6.45, 7) is 0. The van der Waals surface area contributed by atoms with Crippen LogP contribution in [0.4, 0.5) is 0 Å². The molecule has 0 amide bonds. The zero-order valence-corrected chi connectivity index (χ0v) is 8.27. The molecule has 4 nitrogen and oxygen atoms in total. The van der Waals surface area contributed by atoms with Gasteiger partial charge < -0.3 is 4.74 Å². The second-order valence-electron chi connectivity index (χ2n) is 2.74. The molecule has 0 spiro atoms. The fourth-order valence-electron chi connectivity index (χ4n) is 1.01. The van der Waals surface area contributed by atoms with E-state index in [9.17, 15) is 0 Å². The van der Waals surface area contributed by atoms with Gasteiger partial charge in [-0.05, 0) is 12.1 Å². The van der Waals surface area contributed by atoms with Gasteiger partial charge in [0.05, 0.1) is 12.4 Å². The number of aromatic nitrogens is 3. The molecule has 5 heteroatoms. The van der Waals surface area contributed by atoms with E-state index in [1.54, 1.807) is 35.4 Å². The zero-order valence-electron chi connectivity index (χ0n) is 7.51. The monoisotopic (exact) mass is 209 g/mol. The van der Waals surface area contributed by atoms with Gasteiger partial charge in [0.15, 0.2) is 5.75 Å². The molecule has 2 heterocycles. The van der Waals surface area contributed by atoms with Crippen LogP contribution in [0.2, 0.25) is 5.02 Å². The maximum absolute atomic E-state index is 5.87. The Balaban J connectivity index is 2.23. The number of ether oxygens (including phenoxy) is 1. The fourth-order valence-corrected chi connectivity index (χ4v) is 1.17. The number of rotatable bonds is 2. The standard InChI is InChI=1S/C9H8ClN3O/c1-13-6-7(5-12-13)14-9-8(10)3-2-4-11-9/h2-6H,1H3. The zero-order chi connectivity index (χ0) is 9.97. The van der Waals surface area contributed by atoms with Crippen LogP contribution in [0.15, 0.2) is 30.7 Å². The van der Waals surface area contributed by atoms with Gasteiger partial charge in [0.25, 0.3) is 0 Å². The first-order chi connectivity index (χ1) is 6.75. The predicted molar refractivity (Wildman–Crippen MR) is 52.5 cm³/mol. The molecule has 0 fully saturated rings. The smallest absolute Gasteiger partial charge is 0.238 e. The molecule has 0 unspecified atom stereocenters. The Hall–Kier alpha value is -1.55. The first-order valence-corrected chi connectivity index (χ1v) is 4.40. The van der Waals surface area contributed by atoms with Crippen molar-refractivity contribution in [3.8, 4) is 11.6 Å². The van der Waals surface area contributed by atoms with Crippen molar-refractivity contribution in [1.29, 1.82) is 0 Å². The number of pyridine rings is 1. The summed E-state index contributed by atoms with van der Waals surface area (Å²) < 4.78 is 7.05. The number of aryl methyl sites for hydroxylation is 1. The molecule has 0 aliphatic carbocycles. The van der Waals surface area contributed by atoms with Gasteiger partial charge >= 0.3 is 0 Å². The molecule has 0 saturated heterocycles. The van der Waals surface area contributed by atoms with Crippen LogP contribution in [0.3, 0.4) is 0 Å². The lowest BCUT2D eigenvalue weighted by Crippen LogP contribution is -1.87. The first kappa shape index (κ1) is 9.02. The fraction of sp³-hybridized carbons (Fsp3) is 0.111. The van der Waals surface area contributed by atoms with E-state index in [2.05, 4.69) is 10.1 Å². The van der Waals surface area contributed by atoms with E-state index in [0.29, 0.717) is 16.7 Å². The molecule has 0 atom stereocenters. The van der Waals surface area contributed by atoms with Crippen LogP contribution in [0, 0.1) is 0 Å². The van der Waals surface area contributed by atoms with Crippen molar-refractivity contribution in [2.24, 2.45) is 7.05 Å². The number of hydrogen-bond acceptors (Lipinski definition) is 3. The van der Waals surface area contributed by atoms with E-state index in [0.717, 1.165) is 0 Å². The summed E-state index contributed by atoms with van der Waals surface area (Å²) in [6.07, 6.45) is 4.97. The minimum absolute atomic E-state index is 0.391. The van der Waals surface area contributed by atoms with Gasteiger partial charge in [-0.25, -0.2) is 4.98 Å². The Morgan fingerprint density at radius 2 is 2.36 bits per heavy atom. The van der Waals surface area contributed by atoms with Gasteiger partial charge in [-0.2, -0.15) is 5.10 Å². The molecule has 2 aromatic rings. The lowest BCUT2D eigenvalue weighted by Gasteiger charge is -2.01. The summed E-state index contributed by atoms with van der Waals surface area (Å²) in [7, 11) is 1.81. The van der Waals surface area contributed by atoms with E-state index in [4.69, 9.17) is 16.3 Å². The van der Waals surface area contributed by atoms with Crippen molar-refractivity contribution in [2.45, 2.75) is 0 Å². The van der Waals surface area contributed by atoms with Crippen LogP contribution >= 0.6 is 11.6 Å². The molecule has 0 N–H and O–H groups in total. The largest absolute Gasteiger partial charge is 0.434 e. The van der Waals surface area contributed by atoms with Crippen molar-refractivity contribution in [2.75, 3.05) is 0 Å². The Bertz CT molecular complexity index is 441. The highest BCUT2D eigenvalue weighted by Gasteiger charge is 2.04. The second kappa shape index (κ2) is 3.67. The summed E-state index contributed by atoms with van der Waals surface area (Å²) in [5, 5.41) is 4.45. The van der Waals surface area contributed by atoms with Crippen molar-refractivity contribution >= 4 is 11.6 Å². The van der Waals surface area contributed by atoms with Crippen molar-refractivity contribution in [3.63, 3.8) is 0 Å². The molecule has 2 aromatic heterocycles. The maximum atomic E-state index is 5.87. The SMILES string of the molecule is Cn1cc(Oc2ncccc2Cl)cn1. The highest BCUT2D eigenvalue weighted by atomic mass is 35.5. The van der Waals surface area contributed by atoms with Crippen molar-refractivity contribution < 1.29 is 4.74 Å². The summed E-state index contributed by atoms with van der Waals surface area (Å²) in [5.74, 6) is 1.01. The normalized spacial score (nSPS) is 10.1. The molecular weight excluding hydrogens is 202 g/mol. The van der Waals surface area contributed by atoms with Crippen LogP contribution in [0.1, 0.15) is 0 Å². The van der Waals surface area contributed by atoms with Gasteiger partial charge in [-0.15, -0.1) is 0 Å². The average molecular weight is 210 g/mol. The third kappa shape index (κ3) is 1.85. The molecule has 14 heavy (non-hydrogen) atoms. The van der Waals surface area contributed by atoms with Crippen LogP contribution in [-0.2, 0) is 7.05 Å². The molecule has 0 aliphatic heterocycles. The molecule has 72 valence electrons. The third-order valence-electron chi connectivity index (χ3n) is 1.62. The van der Waals surface area contributed by atoms with Crippen molar-refractivity contribution in [3.05, 3.63) is 35.7 Å². The van der Waals surface area contributed by atoms with Gasteiger partial charge in [0, 0.05) is 13.2 Å². The predicted octanol–water partition coefficient (Wildman–Crippen LogP) is 2.26. The Kier molecular flexibility index (Phi) is 2.37. The summed E-state index contributed by atoms with van der Waals surface area (Å²) >= 11 is 5.87. The molecule has 0 aliphatic rings. The molecule has 0 radical (unpaired) electrons. The second-order valence-corrected chi connectivity index (χ2v) is 3.15. The lowest BCUT2D eigenvalue weighted by atomic mass is 10.5. The summed E-state index contributed by atoms with van der Waals surface area (Å²) in [5.41, 5.74) is 0. The highest BCUT2D eigenvalue weighted by molar-refractivity contribution is 6.31. The summed E-state index contributed by atoms with van der Waals surface area (Å²) in [4.78, 5) is 3.99. The molecular formula is C9H8ClN3O. The van der Waals surface area contributed by atoms with Gasteiger partial charge in [-0.3, -0.25) is 4.68 Å². The minimum Gasteiger partial charge on any atom is -0.434 e. The minimum atomic E-state index is 0.391. The van der Waals surface area contributed by atoms with Gasteiger partial charge in [-0.1, -0.05) is 11.6 Å². The van der Waals surface area contributed by atoms with E-state index in [1.165, 1.54) is 0 Å². The lowest BCUT2D eigenvalue weighted by molar-refractivity contribution is 0.462. The highest BCUT2D eigenvalue weighted by Crippen LogP contribution is 2.25. The average Bonchev–Trinajstić information content (AvgIpc) is 2.56. The van der Waals surface area contributed by atoms with E-state index in [-0.39, 0.29) is 0 Å². The molecule has 0 aromatic carbocycles. The summed E-state index contributed by atoms with van der Waals surface area (Å²) in [6, 6.07) is 3.47. The van der Waals surface area contributed by atoms with E-state index >= 15 is 0 Å². The van der Waals surface area contributed by atoms with Crippen LogP contribution < -0.4 is 4.74 Å². The van der Waals surface area contributed by atoms with Gasteiger partial charge in [0.2, 0.25) is 5.88 Å². The van der Waals surface area contributed by atoms with Gasteiger partial charge in [0.1, 0.15) is 5.02 Å². The Morgan fingerprint density at radius 1 is 1.50 bits per heavy atom. The Labute approximate surface area is 86.1 Å². The third-order valence-corrected chi connectivity index (χ3v) is 1.91. The molecule has 0 bridgehead atoms. The number of hydrogen-bond donors (Lipinski definition) is 0. The van der Waals surface area contributed by atoms with Crippen LogP contribution in [0.25, 0.3) is 0 Å². The quantitative estimate of drug-likeness (QED) is 0.762. The first-order valence-electron chi connectivity index (χ1n) is 4.03. The Morgan fingerprint density at radius 3 is 3.00 bits per heavy atom. The topological polar surface area (TPSA) is 39.9 Å². The number of halogens is 1. The number of nitrogens with zero attached hydrogens (tertiary/aromatic N) is 3. The van der Waals surface area contributed by atoms with E-state index in [1.807, 2.05) is 7.05 Å².